The van der Waals surface area contributed by atoms with Gasteiger partial charge in [-0.2, -0.15) is 0 Å². The van der Waals surface area contributed by atoms with Crippen molar-refractivity contribution in [2.24, 2.45) is 0 Å². The number of likely N-dealkylation sites (tertiary alicyclic amines) is 1. The van der Waals surface area contributed by atoms with E-state index in [0.29, 0.717) is 6.54 Å². The van der Waals surface area contributed by atoms with Gasteiger partial charge in [0.2, 0.25) is 11.8 Å². The van der Waals surface area contributed by atoms with Crippen molar-refractivity contribution in [3.63, 3.8) is 0 Å². The number of carbonyl (C=O) groups excluding carboxylic acids is 2. The molecule has 0 aromatic heterocycles. The zero-order valence-corrected chi connectivity index (χ0v) is 16.1. The molecule has 2 aliphatic heterocycles. The molecule has 2 N–H and O–H groups in total. The summed E-state index contributed by atoms with van der Waals surface area (Å²) in [7, 11) is 1.71. The predicted octanol–water partition coefficient (Wildman–Crippen LogP) is 0.348. The number of morpholine rings is 1. The van der Waals surface area contributed by atoms with Gasteiger partial charge in [0.15, 0.2) is 0 Å². The molecule has 0 spiro atoms. The molecule has 1 aliphatic carbocycles. The number of nitrogens with zero attached hydrogens (tertiary/aromatic N) is 2. The smallest absolute Gasteiger partial charge is 0.240 e. The maximum atomic E-state index is 12.9. The van der Waals surface area contributed by atoms with E-state index < -0.39 is 5.54 Å². The fourth-order valence-electron chi connectivity index (χ4n) is 4.85. The van der Waals surface area contributed by atoms with Crippen LogP contribution in [0.1, 0.15) is 44.9 Å². The molecule has 1 saturated carbocycles. The van der Waals surface area contributed by atoms with E-state index in [2.05, 4.69) is 20.4 Å². The molecule has 3 fully saturated rings. The highest BCUT2D eigenvalue weighted by Gasteiger charge is 2.50. The first kappa shape index (κ1) is 19.6. The number of rotatable bonds is 6. The van der Waals surface area contributed by atoms with Crippen molar-refractivity contribution in [2.75, 3.05) is 53.0 Å². The third kappa shape index (κ3) is 4.21. The van der Waals surface area contributed by atoms with Gasteiger partial charge < -0.3 is 15.4 Å². The van der Waals surface area contributed by atoms with Crippen molar-refractivity contribution in [2.45, 2.75) is 56.5 Å². The van der Waals surface area contributed by atoms with Gasteiger partial charge in [-0.15, -0.1) is 0 Å². The molecule has 7 nitrogen and oxygen atoms in total. The summed E-state index contributed by atoms with van der Waals surface area (Å²) in [6, 6.07) is -0.171. The minimum atomic E-state index is -0.490. The van der Waals surface area contributed by atoms with Crippen molar-refractivity contribution in [3.05, 3.63) is 0 Å². The van der Waals surface area contributed by atoms with E-state index in [4.69, 9.17) is 4.74 Å². The Morgan fingerprint density at radius 2 is 1.81 bits per heavy atom. The molecule has 0 aromatic carbocycles. The van der Waals surface area contributed by atoms with Crippen LogP contribution in [0.2, 0.25) is 0 Å². The summed E-state index contributed by atoms with van der Waals surface area (Å²) in [5, 5.41) is 5.99. The van der Waals surface area contributed by atoms with E-state index in [0.717, 1.165) is 77.9 Å². The van der Waals surface area contributed by atoms with Crippen LogP contribution in [-0.4, -0.2) is 86.2 Å². The van der Waals surface area contributed by atoms with Crippen LogP contribution in [0.5, 0.6) is 0 Å². The van der Waals surface area contributed by atoms with Crippen molar-refractivity contribution in [3.8, 4) is 0 Å². The Kier molecular flexibility index (Phi) is 6.89. The number of hydrogen-bond acceptors (Lipinski definition) is 5. The van der Waals surface area contributed by atoms with Gasteiger partial charge in [-0.3, -0.25) is 19.4 Å². The second-order valence-corrected chi connectivity index (χ2v) is 7.77. The highest BCUT2D eigenvalue weighted by Crippen LogP contribution is 2.38. The van der Waals surface area contributed by atoms with Gasteiger partial charge in [0.25, 0.3) is 0 Å². The molecule has 2 amide bonds. The van der Waals surface area contributed by atoms with Crippen molar-refractivity contribution < 1.29 is 14.3 Å². The van der Waals surface area contributed by atoms with Gasteiger partial charge in [0.05, 0.1) is 19.3 Å². The van der Waals surface area contributed by atoms with Crippen molar-refractivity contribution in [1.29, 1.82) is 0 Å². The minimum absolute atomic E-state index is 0.0876. The molecule has 7 heteroatoms. The van der Waals surface area contributed by atoms with E-state index >= 15 is 0 Å². The van der Waals surface area contributed by atoms with Crippen molar-refractivity contribution >= 4 is 11.8 Å². The van der Waals surface area contributed by atoms with Gasteiger partial charge >= 0.3 is 0 Å². The average molecular weight is 367 g/mol. The topological polar surface area (TPSA) is 73.9 Å². The van der Waals surface area contributed by atoms with E-state index in [1.165, 1.54) is 6.42 Å². The highest BCUT2D eigenvalue weighted by molar-refractivity contribution is 5.88. The molecule has 148 valence electrons. The minimum Gasteiger partial charge on any atom is -0.379 e. The summed E-state index contributed by atoms with van der Waals surface area (Å²) in [6.45, 7) is 5.79. The quantitative estimate of drug-likeness (QED) is 0.710. The second-order valence-electron chi connectivity index (χ2n) is 7.77. The Morgan fingerprint density at radius 3 is 2.50 bits per heavy atom. The van der Waals surface area contributed by atoms with Gasteiger partial charge in [0, 0.05) is 39.8 Å². The number of nitrogens with one attached hydrogen (secondary N) is 2. The maximum Gasteiger partial charge on any atom is 0.240 e. The van der Waals surface area contributed by atoms with Crippen LogP contribution in [0.25, 0.3) is 0 Å². The molecule has 0 aromatic rings. The lowest BCUT2D eigenvalue weighted by atomic mass is 9.79. The molecule has 3 rings (SSSR count). The summed E-state index contributed by atoms with van der Waals surface area (Å²) in [5.41, 5.74) is -0.490. The van der Waals surface area contributed by atoms with Crippen LogP contribution < -0.4 is 10.6 Å². The van der Waals surface area contributed by atoms with Crippen LogP contribution in [0.15, 0.2) is 0 Å². The van der Waals surface area contributed by atoms with Crippen LogP contribution in [-0.2, 0) is 14.3 Å². The first-order valence-electron chi connectivity index (χ1n) is 10.2. The fraction of sp³-hybridized carbons (Fsp3) is 0.895. The lowest BCUT2D eigenvalue weighted by Gasteiger charge is -2.45. The van der Waals surface area contributed by atoms with Gasteiger partial charge in [0.1, 0.15) is 5.54 Å². The summed E-state index contributed by atoms with van der Waals surface area (Å²) in [5.74, 6) is 0.176. The Balaban J connectivity index is 1.58. The Hall–Kier alpha value is -1.18. The predicted molar refractivity (Wildman–Crippen MR) is 99.9 cm³/mol. The standard InChI is InChI=1S/C19H34N4O3/c1-20-18(25)19(7-3-2-4-8-19)23-10-5-6-16(23)17(24)21-9-11-22-12-14-26-15-13-22/h16H,2-15H2,1H3,(H,20,25)(H,21,24). The molecule has 2 saturated heterocycles. The fourth-order valence-corrected chi connectivity index (χ4v) is 4.85. The van der Waals surface area contributed by atoms with Crippen molar-refractivity contribution in [1.82, 2.24) is 20.4 Å². The van der Waals surface area contributed by atoms with E-state index in [1.807, 2.05) is 0 Å². The molecule has 2 heterocycles. The molecule has 26 heavy (non-hydrogen) atoms. The van der Waals surface area contributed by atoms with Crippen LogP contribution in [0.3, 0.4) is 0 Å². The van der Waals surface area contributed by atoms with Crippen LogP contribution >= 0.6 is 0 Å². The molecule has 3 aliphatic rings. The summed E-state index contributed by atoms with van der Waals surface area (Å²) in [6.07, 6.45) is 6.88. The third-order valence-electron chi connectivity index (χ3n) is 6.27. The van der Waals surface area contributed by atoms with E-state index in [-0.39, 0.29) is 17.9 Å². The molecule has 0 bridgehead atoms. The highest BCUT2D eigenvalue weighted by atomic mass is 16.5. The summed E-state index contributed by atoms with van der Waals surface area (Å²) < 4.78 is 5.36. The number of hydrogen-bond donors (Lipinski definition) is 2. The zero-order chi connectivity index (χ0) is 18.4. The number of likely N-dealkylation sites (N-methyl/N-ethyl adjacent to an activating group) is 1. The third-order valence-corrected chi connectivity index (χ3v) is 6.27. The normalized spacial score (nSPS) is 27.2. The Morgan fingerprint density at radius 1 is 1.08 bits per heavy atom. The average Bonchev–Trinajstić information content (AvgIpc) is 3.19. The summed E-state index contributed by atoms with van der Waals surface area (Å²) in [4.78, 5) is 30.2. The summed E-state index contributed by atoms with van der Waals surface area (Å²) >= 11 is 0. The SMILES string of the molecule is CNC(=O)C1(N2CCCC2C(=O)NCCN2CCOCC2)CCCCC1. The molecular formula is C19H34N4O3. The number of amides is 2. The lowest BCUT2D eigenvalue weighted by Crippen LogP contribution is -2.63. The van der Waals surface area contributed by atoms with E-state index in [9.17, 15) is 9.59 Å². The lowest BCUT2D eigenvalue weighted by molar-refractivity contribution is -0.140. The second kappa shape index (κ2) is 9.15. The first-order valence-corrected chi connectivity index (χ1v) is 10.2. The van der Waals surface area contributed by atoms with Gasteiger partial charge in [-0.25, -0.2) is 0 Å². The Labute approximate surface area is 156 Å². The van der Waals surface area contributed by atoms with Crippen LogP contribution in [0.4, 0.5) is 0 Å². The Bertz CT molecular complexity index is 487. The van der Waals surface area contributed by atoms with Gasteiger partial charge in [-0.1, -0.05) is 19.3 Å². The largest absolute Gasteiger partial charge is 0.379 e. The maximum absolute atomic E-state index is 12.9. The molecular weight excluding hydrogens is 332 g/mol. The zero-order valence-electron chi connectivity index (χ0n) is 16.1. The van der Waals surface area contributed by atoms with Gasteiger partial charge in [-0.05, 0) is 25.7 Å². The molecule has 1 unspecified atom stereocenters. The monoisotopic (exact) mass is 366 g/mol. The molecule has 1 atom stereocenters. The molecule has 0 radical (unpaired) electrons. The first-order chi connectivity index (χ1) is 12.7. The van der Waals surface area contributed by atoms with E-state index in [1.54, 1.807) is 7.05 Å². The number of carbonyl (C=O) groups is 2. The number of ether oxygens (including phenoxy) is 1. The van der Waals surface area contributed by atoms with Crippen LogP contribution in [0, 0.1) is 0 Å².